The second-order valence-corrected chi connectivity index (χ2v) is 4.22. The Labute approximate surface area is 93.4 Å². The highest BCUT2D eigenvalue weighted by Gasteiger charge is 2.13. The SMILES string of the molecule is COC(=O)C(=O)NCc1sccc1Br. The molecule has 1 aromatic heterocycles. The van der Waals surface area contributed by atoms with Crippen LogP contribution in [0.5, 0.6) is 0 Å². The number of hydrogen-bond acceptors (Lipinski definition) is 4. The van der Waals surface area contributed by atoms with Crippen molar-refractivity contribution < 1.29 is 14.3 Å². The van der Waals surface area contributed by atoms with Gasteiger partial charge in [-0.3, -0.25) is 4.79 Å². The molecule has 4 nitrogen and oxygen atoms in total. The van der Waals surface area contributed by atoms with E-state index in [-0.39, 0.29) is 0 Å². The molecule has 76 valence electrons. The second kappa shape index (κ2) is 5.11. The standard InChI is InChI=1S/C8H8BrNO3S/c1-13-8(12)7(11)10-4-6-5(9)2-3-14-6/h2-3H,4H2,1H3,(H,10,11). The first-order valence-corrected chi connectivity index (χ1v) is 5.40. The van der Waals surface area contributed by atoms with Crippen LogP contribution in [0.1, 0.15) is 4.88 Å². The molecule has 14 heavy (non-hydrogen) atoms. The minimum atomic E-state index is -0.877. The average molecular weight is 278 g/mol. The molecule has 1 amide bonds. The molecule has 0 saturated carbocycles. The predicted molar refractivity (Wildman–Crippen MR) is 55.9 cm³/mol. The molecule has 0 aliphatic rings. The Bertz CT molecular complexity index is 350. The third kappa shape index (κ3) is 2.81. The maximum Gasteiger partial charge on any atom is 0.396 e. The van der Waals surface area contributed by atoms with Crippen molar-refractivity contribution in [2.75, 3.05) is 7.11 Å². The van der Waals surface area contributed by atoms with Gasteiger partial charge in [0.2, 0.25) is 0 Å². The van der Waals surface area contributed by atoms with Crippen LogP contribution in [-0.2, 0) is 20.9 Å². The molecule has 6 heteroatoms. The van der Waals surface area contributed by atoms with Gasteiger partial charge in [-0.15, -0.1) is 11.3 Å². The second-order valence-electron chi connectivity index (χ2n) is 2.37. The number of rotatable bonds is 2. The summed E-state index contributed by atoms with van der Waals surface area (Å²) in [5.74, 6) is -1.61. The van der Waals surface area contributed by atoms with Gasteiger partial charge in [0.15, 0.2) is 0 Å². The van der Waals surface area contributed by atoms with Crippen molar-refractivity contribution in [2.45, 2.75) is 6.54 Å². The fourth-order valence-electron chi connectivity index (χ4n) is 0.777. The topological polar surface area (TPSA) is 55.4 Å². The highest BCUT2D eigenvalue weighted by atomic mass is 79.9. The van der Waals surface area contributed by atoms with Crippen molar-refractivity contribution >= 4 is 39.1 Å². The third-order valence-corrected chi connectivity index (χ3v) is 3.40. The maximum atomic E-state index is 11.0. The summed E-state index contributed by atoms with van der Waals surface area (Å²) >= 11 is 4.81. The Hall–Kier alpha value is -0.880. The molecule has 1 heterocycles. The minimum Gasteiger partial charge on any atom is -0.462 e. The van der Waals surface area contributed by atoms with E-state index in [0.29, 0.717) is 6.54 Å². The number of thiophene rings is 1. The van der Waals surface area contributed by atoms with Crippen molar-refractivity contribution in [1.82, 2.24) is 5.32 Å². The van der Waals surface area contributed by atoms with Gasteiger partial charge < -0.3 is 10.1 Å². The molecule has 0 fully saturated rings. The number of hydrogen-bond donors (Lipinski definition) is 1. The van der Waals surface area contributed by atoms with Crippen LogP contribution < -0.4 is 5.32 Å². The summed E-state index contributed by atoms with van der Waals surface area (Å²) in [7, 11) is 1.17. The summed E-state index contributed by atoms with van der Waals surface area (Å²) in [4.78, 5) is 22.7. The fraction of sp³-hybridized carbons (Fsp3) is 0.250. The highest BCUT2D eigenvalue weighted by Crippen LogP contribution is 2.21. The number of esters is 1. The summed E-state index contributed by atoms with van der Waals surface area (Å²) in [6, 6.07) is 1.88. The molecule has 0 atom stereocenters. The van der Waals surface area contributed by atoms with Crippen LogP contribution in [0.15, 0.2) is 15.9 Å². The van der Waals surface area contributed by atoms with Crippen LogP contribution in [0.2, 0.25) is 0 Å². The van der Waals surface area contributed by atoms with E-state index in [9.17, 15) is 9.59 Å². The molecule has 1 aromatic rings. The van der Waals surface area contributed by atoms with Gasteiger partial charge in [0.1, 0.15) is 0 Å². The molecule has 0 aliphatic carbocycles. The van der Waals surface area contributed by atoms with E-state index in [1.54, 1.807) is 0 Å². The zero-order valence-electron chi connectivity index (χ0n) is 7.37. The normalized spacial score (nSPS) is 9.57. The molecule has 0 unspecified atom stereocenters. The third-order valence-electron chi connectivity index (χ3n) is 1.47. The fourth-order valence-corrected chi connectivity index (χ4v) is 2.21. The monoisotopic (exact) mass is 277 g/mol. The molecule has 1 rings (SSSR count). The Balaban J connectivity index is 2.45. The van der Waals surface area contributed by atoms with Gasteiger partial charge in [0, 0.05) is 9.35 Å². The first-order valence-electron chi connectivity index (χ1n) is 3.73. The average Bonchev–Trinajstić information content (AvgIpc) is 2.59. The van der Waals surface area contributed by atoms with Crippen molar-refractivity contribution in [3.63, 3.8) is 0 Å². The van der Waals surface area contributed by atoms with E-state index >= 15 is 0 Å². The van der Waals surface area contributed by atoms with E-state index in [2.05, 4.69) is 26.0 Å². The molecule has 0 saturated heterocycles. The van der Waals surface area contributed by atoms with Crippen molar-refractivity contribution in [3.8, 4) is 0 Å². The lowest BCUT2D eigenvalue weighted by Crippen LogP contribution is -2.31. The van der Waals surface area contributed by atoms with Gasteiger partial charge in [0.25, 0.3) is 0 Å². The van der Waals surface area contributed by atoms with E-state index in [0.717, 1.165) is 9.35 Å². The van der Waals surface area contributed by atoms with Crippen LogP contribution in [0, 0.1) is 0 Å². The first-order chi connectivity index (χ1) is 6.65. The zero-order valence-corrected chi connectivity index (χ0v) is 9.78. The lowest BCUT2D eigenvalue weighted by Gasteiger charge is -2.01. The van der Waals surface area contributed by atoms with Gasteiger partial charge in [-0.05, 0) is 27.4 Å². The number of carbonyl (C=O) groups excluding carboxylic acids is 2. The van der Waals surface area contributed by atoms with Gasteiger partial charge in [-0.25, -0.2) is 4.79 Å². The molecule has 0 bridgehead atoms. The van der Waals surface area contributed by atoms with Crippen LogP contribution in [0.25, 0.3) is 0 Å². The van der Waals surface area contributed by atoms with Gasteiger partial charge in [0.05, 0.1) is 13.7 Å². The molecule has 0 spiro atoms. The molecule has 0 radical (unpaired) electrons. The zero-order chi connectivity index (χ0) is 10.6. The predicted octanol–water partition coefficient (Wildman–Crippen LogP) is 1.30. The van der Waals surface area contributed by atoms with E-state index < -0.39 is 11.9 Å². The number of carbonyl (C=O) groups is 2. The number of halogens is 1. The van der Waals surface area contributed by atoms with Crippen LogP contribution in [0.3, 0.4) is 0 Å². The lowest BCUT2D eigenvalue weighted by atomic mass is 10.4. The van der Waals surface area contributed by atoms with Crippen molar-refractivity contribution in [1.29, 1.82) is 0 Å². The van der Waals surface area contributed by atoms with Crippen molar-refractivity contribution in [3.05, 3.63) is 20.8 Å². The van der Waals surface area contributed by atoms with E-state index in [1.807, 2.05) is 11.4 Å². The maximum absolute atomic E-state index is 11.0. The van der Waals surface area contributed by atoms with Crippen LogP contribution >= 0.6 is 27.3 Å². The Morgan fingerprint density at radius 3 is 2.86 bits per heavy atom. The number of methoxy groups -OCH3 is 1. The quantitative estimate of drug-likeness (QED) is 0.655. The molecule has 0 aliphatic heterocycles. The lowest BCUT2D eigenvalue weighted by molar-refractivity contribution is -0.152. The molecule has 1 N–H and O–H groups in total. The van der Waals surface area contributed by atoms with Crippen LogP contribution in [0.4, 0.5) is 0 Å². The molecular weight excluding hydrogens is 270 g/mol. The minimum absolute atomic E-state index is 0.326. The molecule has 0 aromatic carbocycles. The summed E-state index contributed by atoms with van der Waals surface area (Å²) in [5, 5.41) is 4.34. The number of ether oxygens (including phenoxy) is 1. The van der Waals surface area contributed by atoms with E-state index in [4.69, 9.17) is 0 Å². The van der Waals surface area contributed by atoms with Crippen LogP contribution in [-0.4, -0.2) is 19.0 Å². The van der Waals surface area contributed by atoms with Gasteiger partial charge in [-0.2, -0.15) is 0 Å². The largest absolute Gasteiger partial charge is 0.462 e. The number of amides is 1. The van der Waals surface area contributed by atoms with Gasteiger partial charge >= 0.3 is 11.9 Å². The Morgan fingerprint density at radius 1 is 1.64 bits per heavy atom. The summed E-state index contributed by atoms with van der Waals surface area (Å²) < 4.78 is 5.18. The van der Waals surface area contributed by atoms with Crippen molar-refractivity contribution in [2.24, 2.45) is 0 Å². The summed E-state index contributed by atoms with van der Waals surface area (Å²) in [5.41, 5.74) is 0. The van der Waals surface area contributed by atoms with E-state index in [1.165, 1.54) is 18.4 Å². The highest BCUT2D eigenvalue weighted by molar-refractivity contribution is 9.10. The summed E-state index contributed by atoms with van der Waals surface area (Å²) in [6.45, 7) is 0.326. The molecular formula is C8H8BrNO3S. The number of nitrogens with one attached hydrogen (secondary N) is 1. The Morgan fingerprint density at radius 2 is 2.36 bits per heavy atom. The Kier molecular flexibility index (Phi) is 4.09. The smallest absolute Gasteiger partial charge is 0.396 e. The van der Waals surface area contributed by atoms with Gasteiger partial charge in [-0.1, -0.05) is 0 Å². The first kappa shape index (κ1) is 11.2. The summed E-state index contributed by atoms with van der Waals surface area (Å²) in [6.07, 6.45) is 0.